The summed E-state index contributed by atoms with van der Waals surface area (Å²) in [7, 11) is 1.62. The van der Waals surface area contributed by atoms with Crippen LogP contribution in [0, 0.1) is 0 Å². The predicted octanol–water partition coefficient (Wildman–Crippen LogP) is 5.44. The van der Waals surface area contributed by atoms with Crippen LogP contribution in [0.5, 0.6) is 11.5 Å². The standard InChI is InChI=1S/C27H25NO3/c1-30-24-10-7-21(8-11-24)26(29)28-17-15-27(16-18-28)14-13-23-19-22(9-12-25(23)31-27)20-5-3-2-4-6-20/h2-14,19H,15-18H2,1H3. The van der Waals surface area contributed by atoms with Crippen LogP contribution in [0.4, 0.5) is 0 Å². The van der Waals surface area contributed by atoms with E-state index in [-0.39, 0.29) is 11.5 Å². The number of carbonyl (C=O) groups excluding carboxylic acids is 1. The van der Waals surface area contributed by atoms with Gasteiger partial charge in [-0.15, -0.1) is 0 Å². The molecule has 1 spiro atoms. The van der Waals surface area contributed by atoms with E-state index in [1.54, 1.807) is 7.11 Å². The summed E-state index contributed by atoms with van der Waals surface area (Å²) in [5.41, 5.74) is 3.84. The molecule has 2 aliphatic heterocycles. The maximum atomic E-state index is 12.9. The highest BCUT2D eigenvalue weighted by Crippen LogP contribution is 2.39. The SMILES string of the molecule is COc1ccc(C(=O)N2CCC3(C=Cc4cc(-c5ccccc5)ccc4O3)CC2)cc1. The van der Waals surface area contributed by atoms with Crippen LogP contribution in [0.1, 0.15) is 28.8 Å². The van der Waals surface area contributed by atoms with E-state index >= 15 is 0 Å². The maximum Gasteiger partial charge on any atom is 0.253 e. The maximum absolute atomic E-state index is 12.9. The summed E-state index contributed by atoms with van der Waals surface area (Å²) in [6.07, 6.45) is 5.92. The fraction of sp³-hybridized carbons (Fsp3) is 0.222. The van der Waals surface area contributed by atoms with Crippen LogP contribution < -0.4 is 9.47 Å². The Morgan fingerprint density at radius 3 is 2.39 bits per heavy atom. The lowest BCUT2D eigenvalue weighted by Gasteiger charge is -2.42. The van der Waals surface area contributed by atoms with Crippen molar-refractivity contribution in [1.29, 1.82) is 0 Å². The number of methoxy groups -OCH3 is 1. The molecule has 0 bridgehead atoms. The lowest BCUT2D eigenvalue weighted by Crippen LogP contribution is -2.49. The van der Waals surface area contributed by atoms with Gasteiger partial charge in [0.25, 0.3) is 5.91 Å². The molecule has 3 aromatic rings. The van der Waals surface area contributed by atoms with Gasteiger partial charge in [-0.1, -0.05) is 42.5 Å². The van der Waals surface area contributed by atoms with Crippen molar-refractivity contribution in [3.8, 4) is 22.6 Å². The second-order valence-corrected chi connectivity index (χ2v) is 8.14. The van der Waals surface area contributed by atoms with E-state index in [9.17, 15) is 4.79 Å². The molecule has 2 heterocycles. The van der Waals surface area contributed by atoms with Crippen molar-refractivity contribution in [3.05, 3.63) is 90.0 Å². The van der Waals surface area contributed by atoms with Crippen molar-refractivity contribution in [2.24, 2.45) is 0 Å². The third-order valence-corrected chi connectivity index (χ3v) is 6.23. The summed E-state index contributed by atoms with van der Waals surface area (Å²) in [5.74, 6) is 1.73. The van der Waals surface area contributed by atoms with Crippen molar-refractivity contribution in [3.63, 3.8) is 0 Å². The fourth-order valence-corrected chi connectivity index (χ4v) is 4.35. The highest BCUT2D eigenvalue weighted by atomic mass is 16.5. The number of hydrogen-bond acceptors (Lipinski definition) is 3. The molecule has 3 aromatic carbocycles. The van der Waals surface area contributed by atoms with E-state index in [1.165, 1.54) is 11.1 Å². The average Bonchev–Trinajstić information content (AvgIpc) is 2.84. The Balaban J connectivity index is 1.28. The molecular weight excluding hydrogens is 386 g/mol. The highest BCUT2D eigenvalue weighted by molar-refractivity contribution is 5.94. The monoisotopic (exact) mass is 411 g/mol. The quantitative estimate of drug-likeness (QED) is 0.576. The lowest BCUT2D eigenvalue weighted by atomic mass is 9.87. The molecule has 156 valence electrons. The van der Waals surface area contributed by atoms with Gasteiger partial charge >= 0.3 is 0 Å². The summed E-state index contributed by atoms with van der Waals surface area (Å²) < 4.78 is 11.7. The largest absolute Gasteiger partial charge is 0.497 e. The minimum absolute atomic E-state index is 0.0604. The molecular formula is C27H25NO3. The number of ether oxygens (including phenoxy) is 2. The number of piperidine rings is 1. The molecule has 1 amide bonds. The van der Waals surface area contributed by atoms with Gasteiger partial charge in [0.1, 0.15) is 17.1 Å². The molecule has 5 rings (SSSR count). The molecule has 0 N–H and O–H groups in total. The number of benzene rings is 3. The first-order chi connectivity index (χ1) is 15.2. The van der Waals surface area contributed by atoms with E-state index in [1.807, 2.05) is 35.2 Å². The number of carbonyl (C=O) groups is 1. The minimum atomic E-state index is -0.335. The van der Waals surface area contributed by atoms with Crippen LogP contribution in [-0.4, -0.2) is 36.6 Å². The molecule has 0 aromatic heterocycles. The molecule has 4 nitrogen and oxygen atoms in total. The van der Waals surface area contributed by atoms with Gasteiger partial charge in [0.2, 0.25) is 0 Å². The summed E-state index contributed by atoms with van der Waals surface area (Å²) in [5, 5.41) is 0. The summed E-state index contributed by atoms with van der Waals surface area (Å²) in [4.78, 5) is 14.8. The lowest BCUT2D eigenvalue weighted by molar-refractivity contribution is 0.0329. The first-order valence-electron chi connectivity index (χ1n) is 10.7. The smallest absolute Gasteiger partial charge is 0.253 e. The van der Waals surface area contributed by atoms with Gasteiger partial charge in [-0.2, -0.15) is 0 Å². The molecule has 0 saturated carbocycles. The van der Waals surface area contributed by atoms with Crippen LogP contribution in [-0.2, 0) is 0 Å². The summed E-state index contributed by atoms with van der Waals surface area (Å²) in [6.45, 7) is 1.35. The number of likely N-dealkylation sites (tertiary alicyclic amines) is 1. The van der Waals surface area contributed by atoms with Gasteiger partial charge in [0.15, 0.2) is 0 Å². The third kappa shape index (κ3) is 3.81. The molecule has 0 unspecified atom stereocenters. The highest BCUT2D eigenvalue weighted by Gasteiger charge is 2.38. The van der Waals surface area contributed by atoms with Crippen LogP contribution in [0.2, 0.25) is 0 Å². The number of amides is 1. The average molecular weight is 412 g/mol. The van der Waals surface area contributed by atoms with E-state index in [2.05, 4.69) is 54.6 Å². The zero-order valence-corrected chi connectivity index (χ0v) is 17.6. The Labute approximate surface area is 182 Å². The van der Waals surface area contributed by atoms with Crippen LogP contribution >= 0.6 is 0 Å². The van der Waals surface area contributed by atoms with Crippen molar-refractivity contribution >= 4 is 12.0 Å². The van der Waals surface area contributed by atoms with Crippen molar-refractivity contribution in [1.82, 2.24) is 4.90 Å². The normalized spacial score (nSPS) is 16.5. The topological polar surface area (TPSA) is 38.8 Å². The van der Waals surface area contributed by atoms with E-state index < -0.39 is 0 Å². The molecule has 1 fully saturated rings. The van der Waals surface area contributed by atoms with Gasteiger partial charge in [0.05, 0.1) is 7.11 Å². The van der Waals surface area contributed by atoms with Crippen LogP contribution in [0.3, 0.4) is 0 Å². The molecule has 0 aliphatic carbocycles. The second-order valence-electron chi connectivity index (χ2n) is 8.14. The molecule has 4 heteroatoms. The van der Waals surface area contributed by atoms with Crippen LogP contribution in [0.25, 0.3) is 17.2 Å². The van der Waals surface area contributed by atoms with Gasteiger partial charge in [-0.3, -0.25) is 4.79 Å². The molecule has 2 aliphatic rings. The molecule has 0 radical (unpaired) electrons. The van der Waals surface area contributed by atoms with Gasteiger partial charge in [-0.05, 0) is 53.6 Å². The molecule has 31 heavy (non-hydrogen) atoms. The first kappa shape index (κ1) is 19.4. The summed E-state index contributed by atoms with van der Waals surface area (Å²) in [6, 6.07) is 24.0. The zero-order chi connectivity index (χ0) is 21.3. The minimum Gasteiger partial charge on any atom is -0.497 e. The summed E-state index contributed by atoms with van der Waals surface area (Å²) >= 11 is 0. The molecule has 0 atom stereocenters. The Kier molecular flexibility index (Phi) is 4.99. The number of nitrogens with zero attached hydrogens (tertiary/aromatic N) is 1. The fourth-order valence-electron chi connectivity index (χ4n) is 4.35. The Morgan fingerprint density at radius 1 is 0.935 bits per heavy atom. The number of fused-ring (bicyclic) bond motifs is 1. The zero-order valence-electron chi connectivity index (χ0n) is 17.6. The second kappa shape index (κ2) is 7.95. The number of rotatable bonds is 3. The van der Waals surface area contributed by atoms with Crippen molar-refractivity contribution in [2.75, 3.05) is 20.2 Å². The first-order valence-corrected chi connectivity index (χ1v) is 10.7. The Morgan fingerprint density at radius 2 is 1.68 bits per heavy atom. The number of hydrogen-bond donors (Lipinski definition) is 0. The van der Waals surface area contributed by atoms with E-state index in [0.29, 0.717) is 18.7 Å². The van der Waals surface area contributed by atoms with Gasteiger partial charge in [-0.25, -0.2) is 0 Å². The van der Waals surface area contributed by atoms with Crippen molar-refractivity contribution in [2.45, 2.75) is 18.4 Å². The van der Waals surface area contributed by atoms with E-state index in [0.717, 1.165) is 29.9 Å². The van der Waals surface area contributed by atoms with E-state index in [4.69, 9.17) is 9.47 Å². The molecule has 1 saturated heterocycles. The van der Waals surface area contributed by atoms with Gasteiger partial charge in [0, 0.05) is 37.1 Å². The third-order valence-electron chi connectivity index (χ3n) is 6.23. The predicted molar refractivity (Wildman–Crippen MR) is 122 cm³/mol. The van der Waals surface area contributed by atoms with Gasteiger partial charge < -0.3 is 14.4 Å². The Hall–Kier alpha value is -3.53. The Bertz CT molecular complexity index is 1110. The van der Waals surface area contributed by atoms with Crippen LogP contribution in [0.15, 0.2) is 78.9 Å². The van der Waals surface area contributed by atoms with Crippen molar-refractivity contribution < 1.29 is 14.3 Å².